The molecule has 1 aliphatic heterocycles. The van der Waals surface area contributed by atoms with Crippen LogP contribution in [0.5, 0.6) is 0 Å². The summed E-state index contributed by atoms with van der Waals surface area (Å²) < 4.78 is 5.37. The number of likely N-dealkylation sites (tertiary alicyclic amines) is 1. The molecular formula is C12H21NO2. The van der Waals surface area contributed by atoms with Crippen LogP contribution in [0.3, 0.4) is 0 Å². The highest BCUT2D eigenvalue weighted by molar-refractivity contribution is 5.69. The molecule has 2 aliphatic rings. The molecule has 3 nitrogen and oxygen atoms in total. The predicted octanol–water partition coefficient (Wildman–Crippen LogP) is 2.65. The van der Waals surface area contributed by atoms with Gasteiger partial charge in [-0.05, 0) is 44.9 Å². The second kappa shape index (κ2) is 3.13. The summed E-state index contributed by atoms with van der Waals surface area (Å²) in [5, 5.41) is 0. The first-order valence-electron chi connectivity index (χ1n) is 5.84. The smallest absolute Gasteiger partial charge is 0.410 e. The monoisotopic (exact) mass is 211 g/mol. The van der Waals surface area contributed by atoms with Gasteiger partial charge in [0.05, 0.1) is 0 Å². The van der Waals surface area contributed by atoms with Gasteiger partial charge in [-0.3, -0.25) is 0 Å². The Morgan fingerprint density at radius 1 is 1.53 bits per heavy atom. The van der Waals surface area contributed by atoms with E-state index in [9.17, 15) is 4.79 Å². The standard InChI is InChI=1S/C12H21NO2/c1-5-12-6-9(12)7-13(8-12)10(14)15-11(2,3)4/h9H,5-8H2,1-4H3. The first-order valence-corrected chi connectivity index (χ1v) is 5.84. The van der Waals surface area contributed by atoms with Crippen LogP contribution in [-0.2, 0) is 4.74 Å². The normalized spacial score (nSPS) is 33.9. The Balaban J connectivity index is 1.90. The fraction of sp³-hybridized carbons (Fsp3) is 0.917. The van der Waals surface area contributed by atoms with Gasteiger partial charge in [-0.25, -0.2) is 4.79 Å². The van der Waals surface area contributed by atoms with Crippen LogP contribution in [0.2, 0.25) is 0 Å². The molecule has 0 radical (unpaired) electrons. The van der Waals surface area contributed by atoms with Crippen LogP contribution >= 0.6 is 0 Å². The third kappa shape index (κ3) is 1.97. The van der Waals surface area contributed by atoms with Crippen molar-refractivity contribution in [2.75, 3.05) is 13.1 Å². The van der Waals surface area contributed by atoms with E-state index in [1.165, 1.54) is 12.8 Å². The number of nitrogens with zero attached hydrogens (tertiary/aromatic N) is 1. The van der Waals surface area contributed by atoms with Crippen molar-refractivity contribution in [3.8, 4) is 0 Å². The molecule has 1 saturated carbocycles. The molecule has 0 N–H and O–H groups in total. The van der Waals surface area contributed by atoms with E-state index in [1.54, 1.807) is 0 Å². The summed E-state index contributed by atoms with van der Waals surface area (Å²) in [5.41, 5.74) is 0.0835. The van der Waals surface area contributed by atoms with Gasteiger partial charge >= 0.3 is 6.09 Å². The van der Waals surface area contributed by atoms with Crippen LogP contribution in [0.25, 0.3) is 0 Å². The van der Waals surface area contributed by atoms with E-state index < -0.39 is 0 Å². The number of ether oxygens (including phenoxy) is 1. The van der Waals surface area contributed by atoms with Gasteiger partial charge in [-0.15, -0.1) is 0 Å². The van der Waals surface area contributed by atoms with Crippen molar-refractivity contribution < 1.29 is 9.53 Å². The molecule has 0 spiro atoms. The maximum atomic E-state index is 11.8. The zero-order valence-corrected chi connectivity index (χ0v) is 10.2. The molecule has 3 heteroatoms. The first kappa shape index (κ1) is 10.8. The molecule has 2 unspecified atom stereocenters. The zero-order valence-electron chi connectivity index (χ0n) is 10.2. The lowest BCUT2D eigenvalue weighted by atomic mass is 10.0. The van der Waals surface area contributed by atoms with Crippen LogP contribution in [0.1, 0.15) is 40.5 Å². The molecule has 0 aromatic heterocycles. The van der Waals surface area contributed by atoms with E-state index in [-0.39, 0.29) is 11.7 Å². The summed E-state index contributed by atoms with van der Waals surface area (Å²) >= 11 is 0. The zero-order chi connectivity index (χ0) is 11.3. The van der Waals surface area contributed by atoms with Crippen molar-refractivity contribution in [2.45, 2.75) is 46.1 Å². The van der Waals surface area contributed by atoms with Crippen molar-refractivity contribution in [3.63, 3.8) is 0 Å². The van der Waals surface area contributed by atoms with Crippen molar-refractivity contribution in [1.29, 1.82) is 0 Å². The number of piperidine rings is 1. The summed E-state index contributed by atoms with van der Waals surface area (Å²) in [6.45, 7) is 9.77. The van der Waals surface area contributed by atoms with Gasteiger partial charge in [-0.2, -0.15) is 0 Å². The molecule has 1 saturated heterocycles. The average molecular weight is 211 g/mol. The molecule has 0 aromatic rings. The maximum Gasteiger partial charge on any atom is 0.410 e. The third-order valence-electron chi connectivity index (χ3n) is 3.66. The van der Waals surface area contributed by atoms with Crippen molar-refractivity contribution >= 4 is 6.09 Å². The topological polar surface area (TPSA) is 29.5 Å². The van der Waals surface area contributed by atoms with Gasteiger partial charge in [0, 0.05) is 13.1 Å². The number of amides is 1. The van der Waals surface area contributed by atoms with Gasteiger partial charge in [0.15, 0.2) is 0 Å². The summed E-state index contributed by atoms with van der Waals surface area (Å²) in [5.74, 6) is 0.745. The molecule has 2 atom stereocenters. The van der Waals surface area contributed by atoms with Gasteiger partial charge in [0.25, 0.3) is 0 Å². The van der Waals surface area contributed by atoms with Gasteiger partial charge in [-0.1, -0.05) is 6.92 Å². The second-order valence-electron chi connectivity index (χ2n) is 5.98. The highest BCUT2D eigenvalue weighted by atomic mass is 16.6. The predicted molar refractivity (Wildman–Crippen MR) is 58.6 cm³/mol. The van der Waals surface area contributed by atoms with Crippen LogP contribution < -0.4 is 0 Å². The molecule has 1 heterocycles. The molecule has 1 amide bonds. The summed E-state index contributed by atoms with van der Waals surface area (Å²) in [4.78, 5) is 13.7. The lowest BCUT2D eigenvalue weighted by molar-refractivity contribution is 0.0261. The molecule has 1 aliphatic carbocycles. The number of carbonyl (C=O) groups excluding carboxylic acids is 1. The van der Waals surface area contributed by atoms with Crippen LogP contribution in [-0.4, -0.2) is 29.7 Å². The largest absolute Gasteiger partial charge is 0.444 e. The molecule has 0 aromatic carbocycles. The summed E-state index contributed by atoms with van der Waals surface area (Å²) in [6.07, 6.45) is 2.36. The Hall–Kier alpha value is -0.730. The van der Waals surface area contributed by atoms with Crippen LogP contribution in [0.15, 0.2) is 0 Å². The van der Waals surface area contributed by atoms with Crippen LogP contribution in [0.4, 0.5) is 4.79 Å². The second-order valence-corrected chi connectivity index (χ2v) is 5.98. The molecule has 15 heavy (non-hydrogen) atoms. The van der Waals surface area contributed by atoms with Gasteiger partial charge in [0.2, 0.25) is 0 Å². The third-order valence-corrected chi connectivity index (χ3v) is 3.66. The van der Waals surface area contributed by atoms with E-state index >= 15 is 0 Å². The van der Waals surface area contributed by atoms with Gasteiger partial charge in [0.1, 0.15) is 5.60 Å². The van der Waals surface area contributed by atoms with Crippen molar-refractivity contribution in [2.24, 2.45) is 11.3 Å². The van der Waals surface area contributed by atoms with Gasteiger partial charge < -0.3 is 9.64 Å². The number of rotatable bonds is 1. The van der Waals surface area contributed by atoms with E-state index in [0.717, 1.165) is 19.0 Å². The fourth-order valence-corrected chi connectivity index (χ4v) is 2.60. The van der Waals surface area contributed by atoms with E-state index in [0.29, 0.717) is 5.41 Å². The first-order chi connectivity index (χ1) is 6.86. The van der Waals surface area contributed by atoms with E-state index in [1.807, 2.05) is 25.7 Å². The van der Waals surface area contributed by atoms with Crippen molar-refractivity contribution in [3.05, 3.63) is 0 Å². The average Bonchev–Trinajstić information content (AvgIpc) is 2.66. The lowest BCUT2D eigenvalue weighted by Crippen LogP contribution is -2.37. The molecule has 2 fully saturated rings. The lowest BCUT2D eigenvalue weighted by Gasteiger charge is -2.26. The Morgan fingerprint density at radius 2 is 2.20 bits per heavy atom. The molecule has 0 bridgehead atoms. The Kier molecular flexibility index (Phi) is 2.25. The Labute approximate surface area is 91.8 Å². The van der Waals surface area contributed by atoms with E-state index in [2.05, 4.69) is 6.92 Å². The Morgan fingerprint density at radius 3 is 2.67 bits per heavy atom. The number of hydrogen-bond acceptors (Lipinski definition) is 2. The minimum Gasteiger partial charge on any atom is -0.444 e. The Bertz CT molecular complexity index is 278. The SMILES string of the molecule is CCC12CC1CN(C(=O)OC(C)(C)C)C2. The maximum absolute atomic E-state index is 11.8. The van der Waals surface area contributed by atoms with Crippen molar-refractivity contribution in [1.82, 2.24) is 4.90 Å². The number of hydrogen-bond donors (Lipinski definition) is 0. The summed E-state index contributed by atoms with van der Waals surface area (Å²) in [6, 6.07) is 0. The molecule has 86 valence electrons. The van der Waals surface area contributed by atoms with Crippen LogP contribution in [0, 0.1) is 11.3 Å². The molecular weight excluding hydrogens is 190 g/mol. The fourth-order valence-electron chi connectivity index (χ4n) is 2.60. The highest BCUT2D eigenvalue weighted by Crippen LogP contribution is 2.59. The minimum atomic E-state index is -0.372. The van der Waals surface area contributed by atoms with E-state index in [4.69, 9.17) is 4.74 Å². The molecule has 2 rings (SSSR count). The minimum absolute atomic E-state index is 0.137. The summed E-state index contributed by atoms with van der Waals surface area (Å²) in [7, 11) is 0. The quantitative estimate of drug-likeness (QED) is 0.667. The highest BCUT2D eigenvalue weighted by Gasteiger charge is 2.59. The number of fused-ring (bicyclic) bond motifs is 1. The number of carbonyl (C=O) groups is 1.